The monoisotopic (exact) mass is 282 g/mol. The Morgan fingerprint density at radius 3 is 2.48 bits per heavy atom. The number of rotatable bonds is 2. The van der Waals surface area contributed by atoms with E-state index in [9.17, 15) is 4.79 Å². The van der Waals surface area contributed by atoms with Gasteiger partial charge in [0.2, 0.25) is 0 Å². The van der Waals surface area contributed by atoms with Crippen molar-refractivity contribution in [2.45, 2.75) is 0 Å². The van der Waals surface area contributed by atoms with Crippen LogP contribution in [0, 0.1) is 0 Å². The van der Waals surface area contributed by atoms with Crippen LogP contribution in [0.5, 0.6) is 0 Å². The van der Waals surface area contributed by atoms with Crippen LogP contribution < -0.4 is 4.90 Å². The molecule has 21 heavy (non-hydrogen) atoms. The van der Waals surface area contributed by atoms with Crippen molar-refractivity contribution in [1.82, 2.24) is 14.7 Å². The zero-order chi connectivity index (χ0) is 14.3. The Bertz CT molecular complexity index is 662. The van der Waals surface area contributed by atoms with Crippen LogP contribution in [-0.4, -0.2) is 77.8 Å². The third-order valence-electron chi connectivity index (χ3n) is 3.88. The molecule has 3 rings (SSSR count). The minimum absolute atomic E-state index is 0. The number of carbonyl (C=O) groups is 1. The van der Waals surface area contributed by atoms with Crippen molar-refractivity contribution in [3.05, 3.63) is 23.8 Å². The minimum atomic E-state index is -0.908. The summed E-state index contributed by atoms with van der Waals surface area (Å²) < 4.78 is 1.76. The quantitative estimate of drug-likeness (QED) is 0.807. The van der Waals surface area contributed by atoms with Gasteiger partial charge in [-0.25, -0.2) is 4.79 Å². The Kier molecular flexibility index (Phi) is 4.62. The van der Waals surface area contributed by atoms with Gasteiger partial charge < -0.3 is 14.9 Å². The summed E-state index contributed by atoms with van der Waals surface area (Å²) in [7, 11) is 3.97. The van der Waals surface area contributed by atoms with Gasteiger partial charge in [0.05, 0.1) is 11.1 Å². The van der Waals surface area contributed by atoms with E-state index in [1.165, 1.54) is 0 Å². The molecule has 2 aromatic rings. The Morgan fingerprint density at radius 2 is 1.86 bits per heavy atom. The molecule has 1 aliphatic heterocycles. The van der Waals surface area contributed by atoms with Crippen LogP contribution in [0.3, 0.4) is 0 Å². The van der Waals surface area contributed by atoms with Crippen molar-refractivity contribution in [2.75, 3.05) is 38.1 Å². The molecule has 0 spiro atoms. The average Bonchev–Trinajstić information content (AvgIpc) is 2.76. The molecule has 0 aliphatic carbocycles. The first kappa shape index (κ1) is 15.9. The number of piperazine rings is 1. The number of carboxylic acid groups (broad SMARTS) is 1. The Hall–Kier alpha value is -1.48. The molecular weight excluding hydrogens is 263 g/mol. The number of aryl methyl sites for hydroxylation is 1. The number of nitrogens with zero attached hydrogens (tertiary/aromatic N) is 4. The van der Waals surface area contributed by atoms with E-state index in [1.54, 1.807) is 16.8 Å². The van der Waals surface area contributed by atoms with Gasteiger partial charge in [0.25, 0.3) is 0 Å². The number of aromatic carboxylic acids is 1. The van der Waals surface area contributed by atoms with Gasteiger partial charge in [-0.3, -0.25) is 4.68 Å². The van der Waals surface area contributed by atoms with Gasteiger partial charge in [-0.05, 0) is 25.2 Å². The molecular formula is C14H19LiN4O2. The van der Waals surface area contributed by atoms with E-state index in [0.717, 1.165) is 42.9 Å². The maximum absolute atomic E-state index is 11.1. The predicted molar refractivity (Wildman–Crippen MR) is 84.5 cm³/mol. The normalized spacial score (nSPS) is 16.0. The van der Waals surface area contributed by atoms with Crippen molar-refractivity contribution >= 4 is 41.6 Å². The fourth-order valence-corrected chi connectivity index (χ4v) is 2.62. The Balaban J connectivity index is 0.00000161. The van der Waals surface area contributed by atoms with Gasteiger partial charge in [-0.2, -0.15) is 5.10 Å². The molecule has 6 nitrogen and oxygen atoms in total. The first-order chi connectivity index (χ1) is 9.56. The predicted octanol–water partition coefficient (Wildman–Crippen LogP) is 0.375. The second-order valence-corrected chi connectivity index (χ2v) is 5.27. The second-order valence-electron chi connectivity index (χ2n) is 5.27. The summed E-state index contributed by atoms with van der Waals surface area (Å²) in [5.41, 5.74) is 1.16. The number of aromatic nitrogens is 2. The SMILES string of the molecule is CN1CCN(c2nn(C)c3cc(C(=O)O)ccc23)CC1.[LiH]. The molecule has 0 saturated carbocycles. The molecule has 1 N–H and O–H groups in total. The summed E-state index contributed by atoms with van der Waals surface area (Å²) in [5, 5.41) is 14.7. The standard InChI is InChI=1S/C14H18N4O2.Li.H/c1-16-5-7-18(8-6-16)13-11-4-3-10(14(19)20)9-12(11)17(2)15-13;;/h3-4,9H,5-8H2,1-2H3,(H,19,20);;. The van der Waals surface area contributed by atoms with Crippen molar-refractivity contribution in [3.63, 3.8) is 0 Å². The van der Waals surface area contributed by atoms with E-state index in [0.29, 0.717) is 5.56 Å². The van der Waals surface area contributed by atoms with Gasteiger partial charge in [-0.15, -0.1) is 0 Å². The van der Waals surface area contributed by atoms with E-state index < -0.39 is 5.97 Å². The number of anilines is 1. The zero-order valence-electron chi connectivity index (χ0n) is 11.7. The molecule has 0 amide bonds. The van der Waals surface area contributed by atoms with Gasteiger partial charge in [0, 0.05) is 38.6 Å². The van der Waals surface area contributed by atoms with Crippen molar-refractivity contribution < 1.29 is 9.90 Å². The van der Waals surface area contributed by atoms with Crippen LogP contribution in [0.4, 0.5) is 5.82 Å². The Morgan fingerprint density at radius 1 is 1.19 bits per heavy atom. The van der Waals surface area contributed by atoms with Crippen LogP contribution in [0.25, 0.3) is 10.9 Å². The van der Waals surface area contributed by atoms with Crippen molar-refractivity contribution in [2.24, 2.45) is 7.05 Å². The summed E-state index contributed by atoms with van der Waals surface area (Å²) >= 11 is 0. The number of carboxylic acids is 1. The second kappa shape index (κ2) is 6.10. The maximum atomic E-state index is 11.1. The molecule has 7 heteroatoms. The molecule has 0 unspecified atom stereocenters. The Labute approximate surface area is 135 Å². The average molecular weight is 282 g/mol. The van der Waals surface area contributed by atoms with Crippen LogP contribution in [0.1, 0.15) is 10.4 Å². The fraction of sp³-hybridized carbons (Fsp3) is 0.429. The van der Waals surface area contributed by atoms with Crippen molar-refractivity contribution in [1.29, 1.82) is 0 Å². The summed E-state index contributed by atoms with van der Waals surface area (Å²) in [6, 6.07) is 5.19. The van der Waals surface area contributed by atoms with Gasteiger partial charge in [-0.1, -0.05) is 0 Å². The first-order valence-corrected chi connectivity index (χ1v) is 6.70. The molecule has 1 aliphatic rings. The molecule has 1 aromatic carbocycles. The fourth-order valence-electron chi connectivity index (χ4n) is 2.62. The van der Waals surface area contributed by atoms with Crippen LogP contribution >= 0.6 is 0 Å². The third kappa shape index (κ3) is 2.93. The summed E-state index contributed by atoms with van der Waals surface area (Å²) in [4.78, 5) is 15.6. The summed E-state index contributed by atoms with van der Waals surface area (Å²) in [6.45, 7) is 3.93. The molecule has 1 aromatic heterocycles. The van der Waals surface area contributed by atoms with Crippen molar-refractivity contribution in [3.8, 4) is 0 Å². The molecule has 0 radical (unpaired) electrons. The molecule has 0 atom stereocenters. The van der Waals surface area contributed by atoms with E-state index in [2.05, 4.69) is 21.9 Å². The van der Waals surface area contributed by atoms with Gasteiger partial charge >= 0.3 is 24.8 Å². The van der Waals surface area contributed by atoms with Gasteiger partial charge in [0.15, 0.2) is 5.82 Å². The zero-order valence-corrected chi connectivity index (χ0v) is 11.7. The number of hydrogen-bond acceptors (Lipinski definition) is 4. The number of hydrogen-bond donors (Lipinski definition) is 1. The first-order valence-electron chi connectivity index (χ1n) is 6.70. The molecule has 1 fully saturated rings. The molecule has 0 bridgehead atoms. The number of benzene rings is 1. The summed E-state index contributed by atoms with van der Waals surface area (Å²) in [6.07, 6.45) is 0. The van der Waals surface area contributed by atoms with Crippen LogP contribution in [0.15, 0.2) is 18.2 Å². The third-order valence-corrected chi connectivity index (χ3v) is 3.88. The van der Waals surface area contributed by atoms with Crippen LogP contribution in [-0.2, 0) is 7.05 Å². The number of likely N-dealkylation sites (N-methyl/N-ethyl adjacent to an activating group) is 1. The van der Waals surface area contributed by atoms with E-state index in [4.69, 9.17) is 5.11 Å². The van der Waals surface area contributed by atoms with Gasteiger partial charge in [0.1, 0.15) is 0 Å². The molecule has 108 valence electrons. The molecule has 1 saturated heterocycles. The van der Waals surface area contributed by atoms with Crippen LogP contribution in [0.2, 0.25) is 0 Å². The number of fused-ring (bicyclic) bond motifs is 1. The van der Waals surface area contributed by atoms with E-state index in [1.807, 2.05) is 13.1 Å². The van der Waals surface area contributed by atoms with E-state index >= 15 is 0 Å². The summed E-state index contributed by atoms with van der Waals surface area (Å²) in [5.74, 6) is 0.0433. The molecule has 2 heterocycles. The van der Waals surface area contributed by atoms with E-state index in [-0.39, 0.29) is 18.9 Å². The topological polar surface area (TPSA) is 61.6 Å².